The molecule has 7 nitrogen and oxygen atoms in total. The minimum absolute atomic E-state index is 0.165. The Hall–Kier alpha value is -4.20. The van der Waals surface area contributed by atoms with Gasteiger partial charge in [0.15, 0.2) is 0 Å². The second-order valence-corrected chi connectivity index (χ2v) is 8.04. The zero-order valence-corrected chi connectivity index (χ0v) is 18.0. The molecule has 1 aliphatic rings. The van der Waals surface area contributed by atoms with Crippen LogP contribution in [-0.2, 0) is 16.6 Å². The third-order valence-electron chi connectivity index (χ3n) is 5.83. The number of fused-ring (bicyclic) bond motifs is 1. The molecule has 2 amide bonds. The van der Waals surface area contributed by atoms with Crippen molar-refractivity contribution in [1.82, 2.24) is 9.55 Å². The number of aromatic amines is 1. The highest BCUT2D eigenvalue weighted by molar-refractivity contribution is 6.20. The van der Waals surface area contributed by atoms with Gasteiger partial charge in [0.2, 0.25) is 11.8 Å². The van der Waals surface area contributed by atoms with E-state index in [1.54, 1.807) is 67.3 Å². The van der Waals surface area contributed by atoms with Crippen molar-refractivity contribution in [3.05, 3.63) is 76.6 Å². The molecule has 4 aromatic rings. The number of hydrogen-bond donors (Lipinski definition) is 1. The molecular formula is C25H20FN3O4. The van der Waals surface area contributed by atoms with E-state index in [1.807, 2.05) is 0 Å². The second kappa shape index (κ2) is 7.74. The van der Waals surface area contributed by atoms with Crippen LogP contribution in [0.2, 0.25) is 0 Å². The van der Waals surface area contributed by atoms with E-state index in [9.17, 15) is 18.8 Å². The van der Waals surface area contributed by atoms with Crippen molar-refractivity contribution < 1.29 is 18.7 Å². The Labute approximate surface area is 188 Å². The van der Waals surface area contributed by atoms with Crippen LogP contribution >= 0.6 is 0 Å². The molecule has 0 atom stereocenters. The quantitative estimate of drug-likeness (QED) is 0.471. The minimum atomic E-state index is -0.393. The molecule has 1 aliphatic heterocycles. The smallest absolute Gasteiger partial charge is 0.272 e. The van der Waals surface area contributed by atoms with Crippen LogP contribution in [0.1, 0.15) is 18.4 Å². The summed E-state index contributed by atoms with van der Waals surface area (Å²) < 4.78 is 21.9. The molecule has 33 heavy (non-hydrogen) atoms. The molecule has 1 saturated heterocycles. The Balaban J connectivity index is 1.71. The number of carbonyl (C=O) groups is 2. The molecule has 8 heteroatoms. The number of aromatic nitrogens is 2. The van der Waals surface area contributed by atoms with Gasteiger partial charge in [-0.25, -0.2) is 4.39 Å². The van der Waals surface area contributed by atoms with Gasteiger partial charge in [-0.05, 0) is 42.8 Å². The van der Waals surface area contributed by atoms with Crippen molar-refractivity contribution in [1.29, 1.82) is 0 Å². The summed E-state index contributed by atoms with van der Waals surface area (Å²) in [5.74, 6) is -0.229. The first-order chi connectivity index (χ1) is 15.8. The van der Waals surface area contributed by atoms with Gasteiger partial charge in [0.25, 0.3) is 5.56 Å². The van der Waals surface area contributed by atoms with Crippen molar-refractivity contribution in [3.63, 3.8) is 0 Å². The lowest BCUT2D eigenvalue weighted by Crippen LogP contribution is -2.28. The highest BCUT2D eigenvalue weighted by Gasteiger charge is 2.31. The normalized spacial score (nSPS) is 13.8. The Morgan fingerprint density at radius 3 is 2.45 bits per heavy atom. The Morgan fingerprint density at radius 1 is 0.970 bits per heavy atom. The van der Waals surface area contributed by atoms with Gasteiger partial charge in [-0.15, -0.1) is 0 Å². The zero-order valence-electron chi connectivity index (χ0n) is 18.0. The molecule has 0 saturated carbocycles. The topological polar surface area (TPSA) is 84.4 Å². The molecule has 2 aromatic heterocycles. The lowest BCUT2D eigenvalue weighted by Gasteiger charge is -2.18. The van der Waals surface area contributed by atoms with Crippen LogP contribution in [0.25, 0.3) is 22.0 Å². The molecule has 2 aromatic carbocycles. The van der Waals surface area contributed by atoms with E-state index in [4.69, 9.17) is 4.74 Å². The van der Waals surface area contributed by atoms with Crippen molar-refractivity contribution in [2.75, 3.05) is 4.90 Å². The van der Waals surface area contributed by atoms with E-state index in [2.05, 4.69) is 4.98 Å². The average molecular weight is 445 g/mol. The predicted octanol–water partition coefficient (Wildman–Crippen LogP) is 4.43. The standard InChI is InChI=1S/C25H20FN3O4/c1-14-3-5-16(12-20(14)26)33-21-6-4-15(29-22(30)7-8-23(29)31)11-18(21)19-13-28(2)24-17(19)9-10-27-25(24)32/h3-6,9-13H,7-8H2,1-2H3,(H,27,32). The largest absolute Gasteiger partial charge is 0.457 e. The first-order valence-electron chi connectivity index (χ1n) is 10.4. The number of ether oxygens (including phenoxy) is 1. The Kier molecular flexibility index (Phi) is 4.85. The summed E-state index contributed by atoms with van der Waals surface area (Å²) >= 11 is 0. The van der Waals surface area contributed by atoms with Gasteiger partial charge in [-0.2, -0.15) is 0 Å². The van der Waals surface area contributed by atoms with Crippen LogP contribution in [0, 0.1) is 12.7 Å². The van der Waals surface area contributed by atoms with Crippen LogP contribution < -0.4 is 15.2 Å². The first kappa shape index (κ1) is 20.7. The number of H-pyrrole nitrogens is 1. The number of pyridine rings is 1. The maximum absolute atomic E-state index is 14.1. The molecule has 1 N–H and O–H groups in total. The van der Waals surface area contributed by atoms with Gasteiger partial charge < -0.3 is 14.3 Å². The average Bonchev–Trinajstić information content (AvgIpc) is 3.30. The van der Waals surface area contributed by atoms with Crippen LogP contribution in [0.5, 0.6) is 11.5 Å². The molecule has 1 fully saturated rings. The van der Waals surface area contributed by atoms with Gasteiger partial charge in [-0.3, -0.25) is 19.3 Å². The molecule has 0 bridgehead atoms. The summed E-state index contributed by atoms with van der Waals surface area (Å²) in [6, 6.07) is 11.3. The fraction of sp³-hybridized carbons (Fsp3) is 0.160. The number of anilines is 1. The monoisotopic (exact) mass is 445 g/mol. The Morgan fingerprint density at radius 2 is 1.73 bits per heavy atom. The summed E-state index contributed by atoms with van der Waals surface area (Å²) in [5.41, 5.74) is 2.39. The molecule has 0 unspecified atom stereocenters. The van der Waals surface area contributed by atoms with Gasteiger partial charge in [0.05, 0.1) is 5.69 Å². The number of carbonyl (C=O) groups excluding carboxylic acids is 2. The maximum atomic E-state index is 14.1. The summed E-state index contributed by atoms with van der Waals surface area (Å²) in [5, 5.41) is 0.678. The van der Waals surface area contributed by atoms with E-state index in [1.165, 1.54) is 6.07 Å². The summed E-state index contributed by atoms with van der Waals surface area (Å²) in [6.45, 7) is 1.66. The molecule has 0 spiro atoms. The molecule has 5 rings (SSSR count). The fourth-order valence-electron chi connectivity index (χ4n) is 4.17. The number of benzene rings is 2. The minimum Gasteiger partial charge on any atom is -0.457 e. The number of rotatable bonds is 4. The SMILES string of the molecule is Cc1ccc(Oc2ccc(N3C(=O)CCC3=O)cc2-c2cn(C)c3c(=O)[nH]ccc23)cc1F. The zero-order chi connectivity index (χ0) is 23.3. The third kappa shape index (κ3) is 3.49. The fourth-order valence-corrected chi connectivity index (χ4v) is 4.17. The summed E-state index contributed by atoms with van der Waals surface area (Å²) in [6.07, 6.45) is 3.67. The van der Waals surface area contributed by atoms with Gasteiger partial charge in [-0.1, -0.05) is 6.07 Å². The van der Waals surface area contributed by atoms with Crippen molar-refractivity contribution in [3.8, 4) is 22.6 Å². The van der Waals surface area contributed by atoms with Gasteiger partial charge >= 0.3 is 0 Å². The van der Waals surface area contributed by atoms with E-state index in [0.717, 1.165) is 4.90 Å². The van der Waals surface area contributed by atoms with Crippen molar-refractivity contribution in [2.45, 2.75) is 19.8 Å². The molecule has 3 heterocycles. The molecule has 0 aliphatic carbocycles. The maximum Gasteiger partial charge on any atom is 0.272 e. The lowest BCUT2D eigenvalue weighted by atomic mass is 10.0. The number of aryl methyl sites for hydroxylation is 2. The number of hydrogen-bond acceptors (Lipinski definition) is 4. The van der Waals surface area contributed by atoms with Gasteiger partial charge in [0, 0.05) is 54.9 Å². The first-order valence-corrected chi connectivity index (χ1v) is 10.4. The highest BCUT2D eigenvalue weighted by atomic mass is 19.1. The third-order valence-corrected chi connectivity index (χ3v) is 5.83. The van der Waals surface area contributed by atoms with Gasteiger partial charge in [0.1, 0.15) is 22.8 Å². The van der Waals surface area contributed by atoms with Crippen LogP contribution in [-0.4, -0.2) is 21.4 Å². The van der Waals surface area contributed by atoms with E-state index in [-0.39, 0.29) is 30.2 Å². The van der Waals surface area contributed by atoms with Crippen molar-refractivity contribution in [2.24, 2.45) is 7.05 Å². The predicted molar refractivity (Wildman–Crippen MR) is 122 cm³/mol. The van der Waals surface area contributed by atoms with Crippen LogP contribution in [0.4, 0.5) is 10.1 Å². The number of nitrogens with zero attached hydrogens (tertiary/aromatic N) is 2. The van der Waals surface area contributed by atoms with E-state index < -0.39 is 5.82 Å². The van der Waals surface area contributed by atoms with E-state index in [0.29, 0.717) is 44.8 Å². The van der Waals surface area contributed by atoms with Crippen LogP contribution in [0.3, 0.4) is 0 Å². The summed E-state index contributed by atoms with van der Waals surface area (Å²) in [7, 11) is 1.76. The molecule has 166 valence electrons. The summed E-state index contributed by atoms with van der Waals surface area (Å²) in [4.78, 5) is 40.9. The lowest BCUT2D eigenvalue weighted by molar-refractivity contribution is -0.121. The molecular weight excluding hydrogens is 425 g/mol. The number of nitrogens with one attached hydrogen (secondary N) is 1. The van der Waals surface area contributed by atoms with Crippen LogP contribution in [0.15, 0.2) is 59.7 Å². The number of imide groups is 1. The number of amides is 2. The van der Waals surface area contributed by atoms with E-state index >= 15 is 0 Å². The number of halogens is 1. The highest BCUT2D eigenvalue weighted by Crippen LogP contribution is 2.40. The Bertz CT molecular complexity index is 1490. The molecule has 0 radical (unpaired) electrons. The van der Waals surface area contributed by atoms with Crippen molar-refractivity contribution >= 4 is 28.4 Å². The second-order valence-electron chi connectivity index (χ2n) is 8.04.